The minimum absolute atomic E-state index is 0.258. The van der Waals surface area contributed by atoms with Crippen LogP contribution in [-0.2, 0) is 0 Å². The highest BCUT2D eigenvalue weighted by Crippen LogP contribution is 2.34. The van der Waals surface area contributed by atoms with Crippen molar-refractivity contribution < 1.29 is 9.13 Å². The Morgan fingerprint density at radius 2 is 2.29 bits per heavy atom. The van der Waals surface area contributed by atoms with Crippen molar-refractivity contribution in [1.82, 2.24) is 0 Å². The fraction of sp³-hybridized carbons (Fsp3) is 0.538. The van der Waals surface area contributed by atoms with Crippen LogP contribution in [-0.4, -0.2) is 20.2 Å². The molecule has 1 fully saturated rings. The maximum atomic E-state index is 13.4. The summed E-state index contributed by atoms with van der Waals surface area (Å²) in [5.74, 6) is 0.569. The van der Waals surface area contributed by atoms with E-state index in [9.17, 15) is 4.39 Å². The molecule has 1 saturated heterocycles. The van der Waals surface area contributed by atoms with Crippen molar-refractivity contribution in [3.8, 4) is 5.75 Å². The predicted octanol–water partition coefficient (Wildman–Crippen LogP) is 2.65. The smallest absolute Gasteiger partial charge is 0.167 e. The number of hydrogen-bond acceptors (Lipinski definition) is 3. The van der Waals surface area contributed by atoms with Crippen molar-refractivity contribution in [2.75, 3.05) is 30.8 Å². The third-order valence-electron chi connectivity index (χ3n) is 3.50. The molecule has 1 aliphatic rings. The quantitative estimate of drug-likeness (QED) is 0.823. The molecule has 1 heterocycles. The first kappa shape index (κ1) is 12.0. The van der Waals surface area contributed by atoms with E-state index in [1.807, 2.05) is 0 Å². The average Bonchev–Trinajstić information content (AvgIpc) is 2.78. The van der Waals surface area contributed by atoms with Gasteiger partial charge in [-0.2, -0.15) is 0 Å². The van der Waals surface area contributed by atoms with E-state index in [0.29, 0.717) is 11.6 Å². The number of rotatable bonds is 3. The Balaban J connectivity index is 2.26. The van der Waals surface area contributed by atoms with E-state index < -0.39 is 5.82 Å². The number of benzene rings is 1. The summed E-state index contributed by atoms with van der Waals surface area (Å²) in [5, 5.41) is 0. The fourth-order valence-corrected chi connectivity index (χ4v) is 2.37. The second-order valence-corrected chi connectivity index (χ2v) is 4.55. The molecular weight excluding hydrogens is 219 g/mol. The van der Waals surface area contributed by atoms with Crippen LogP contribution in [0.25, 0.3) is 0 Å². The second-order valence-electron chi connectivity index (χ2n) is 4.55. The number of nitrogens with zero attached hydrogens (tertiary/aromatic N) is 1. The first-order valence-electron chi connectivity index (χ1n) is 6.03. The summed E-state index contributed by atoms with van der Waals surface area (Å²) < 4.78 is 18.4. The van der Waals surface area contributed by atoms with Gasteiger partial charge in [-0.3, -0.25) is 0 Å². The summed E-state index contributed by atoms with van der Waals surface area (Å²) in [6.07, 6.45) is 2.35. The SMILES string of the molecule is CCC1CCN(c2cc(OC)c(F)cc2N)C1. The molecule has 4 heteroatoms. The zero-order chi connectivity index (χ0) is 12.4. The summed E-state index contributed by atoms with van der Waals surface area (Å²) >= 11 is 0. The standard InChI is InChI=1S/C13H19FN2O/c1-3-9-4-5-16(8-9)12-7-13(17-2)10(14)6-11(12)15/h6-7,9H,3-5,8,15H2,1-2H3. The van der Waals surface area contributed by atoms with Gasteiger partial charge in [-0.25, -0.2) is 4.39 Å². The molecule has 2 rings (SSSR count). The molecular formula is C13H19FN2O. The second kappa shape index (κ2) is 4.82. The number of nitrogen functional groups attached to an aromatic ring is 1. The van der Waals surface area contributed by atoms with Crippen molar-refractivity contribution in [2.45, 2.75) is 19.8 Å². The van der Waals surface area contributed by atoms with Crippen LogP contribution in [0.15, 0.2) is 12.1 Å². The van der Waals surface area contributed by atoms with Gasteiger partial charge in [0.1, 0.15) is 0 Å². The van der Waals surface area contributed by atoms with Gasteiger partial charge in [0.25, 0.3) is 0 Å². The summed E-state index contributed by atoms with van der Waals surface area (Å²) in [4.78, 5) is 2.21. The third kappa shape index (κ3) is 2.30. The van der Waals surface area contributed by atoms with Crippen LogP contribution in [0.2, 0.25) is 0 Å². The topological polar surface area (TPSA) is 38.5 Å². The van der Waals surface area contributed by atoms with E-state index in [0.717, 1.165) is 18.8 Å². The minimum atomic E-state index is -0.403. The molecule has 2 N–H and O–H groups in total. The molecule has 0 aromatic heterocycles. The lowest BCUT2D eigenvalue weighted by atomic mass is 10.1. The zero-order valence-electron chi connectivity index (χ0n) is 10.4. The molecule has 1 aromatic carbocycles. The van der Waals surface area contributed by atoms with E-state index >= 15 is 0 Å². The molecule has 1 aliphatic heterocycles. The number of halogens is 1. The highest BCUT2D eigenvalue weighted by molar-refractivity contribution is 5.70. The Kier molecular flexibility index (Phi) is 3.41. The largest absolute Gasteiger partial charge is 0.494 e. The van der Waals surface area contributed by atoms with Crippen LogP contribution in [0.5, 0.6) is 5.75 Å². The number of ether oxygens (including phenoxy) is 1. The average molecular weight is 238 g/mol. The van der Waals surface area contributed by atoms with Crippen LogP contribution < -0.4 is 15.4 Å². The third-order valence-corrected chi connectivity index (χ3v) is 3.50. The Morgan fingerprint density at radius 3 is 2.88 bits per heavy atom. The van der Waals surface area contributed by atoms with E-state index in [2.05, 4.69) is 11.8 Å². The molecule has 1 aromatic rings. The lowest BCUT2D eigenvalue weighted by Gasteiger charge is -2.21. The Morgan fingerprint density at radius 1 is 1.53 bits per heavy atom. The molecule has 1 atom stereocenters. The first-order chi connectivity index (χ1) is 8.15. The molecule has 94 valence electrons. The molecule has 0 bridgehead atoms. The van der Waals surface area contributed by atoms with Gasteiger partial charge in [0.15, 0.2) is 11.6 Å². The van der Waals surface area contributed by atoms with Gasteiger partial charge in [-0.15, -0.1) is 0 Å². The molecule has 17 heavy (non-hydrogen) atoms. The minimum Gasteiger partial charge on any atom is -0.494 e. The van der Waals surface area contributed by atoms with Crippen LogP contribution in [0.1, 0.15) is 19.8 Å². The van der Waals surface area contributed by atoms with E-state index in [4.69, 9.17) is 10.5 Å². The van der Waals surface area contributed by atoms with Gasteiger partial charge in [-0.1, -0.05) is 13.3 Å². The highest BCUT2D eigenvalue weighted by atomic mass is 19.1. The molecule has 0 aliphatic carbocycles. The van der Waals surface area contributed by atoms with Crippen LogP contribution in [0, 0.1) is 11.7 Å². The lowest BCUT2D eigenvalue weighted by Crippen LogP contribution is -2.21. The zero-order valence-corrected chi connectivity index (χ0v) is 10.4. The first-order valence-corrected chi connectivity index (χ1v) is 6.03. The van der Waals surface area contributed by atoms with Gasteiger partial charge in [0.2, 0.25) is 0 Å². The molecule has 0 spiro atoms. The highest BCUT2D eigenvalue weighted by Gasteiger charge is 2.23. The molecule has 3 nitrogen and oxygen atoms in total. The van der Waals surface area contributed by atoms with E-state index in [1.165, 1.54) is 26.0 Å². The van der Waals surface area contributed by atoms with Crippen molar-refractivity contribution >= 4 is 11.4 Å². The van der Waals surface area contributed by atoms with Crippen LogP contribution in [0.3, 0.4) is 0 Å². The van der Waals surface area contributed by atoms with Crippen LogP contribution in [0.4, 0.5) is 15.8 Å². The van der Waals surface area contributed by atoms with Gasteiger partial charge < -0.3 is 15.4 Å². The number of nitrogens with two attached hydrogens (primary N) is 1. The Bertz CT molecular complexity index is 409. The monoisotopic (exact) mass is 238 g/mol. The summed E-state index contributed by atoms with van der Waals surface area (Å²) in [6.45, 7) is 4.18. The van der Waals surface area contributed by atoms with E-state index in [-0.39, 0.29) is 5.75 Å². The summed E-state index contributed by atoms with van der Waals surface area (Å²) in [6, 6.07) is 3.04. The summed E-state index contributed by atoms with van der Waals surface area (Å²) in [5.41, 5.74) is 7.25. The normalized spacial score (nSPS) is 19.7. The number of anilines is 2. The maximum absolute atomic E-state index is 13.4. The van der Waals surface area contributed by atoms with Gasteiger partial charge in [0, 0.05) is 25.2 Å². The lowest BCUT2D eigenvalue weighted by molar-refractivity contribution is 0.387. The van der Waals surface area contributed by atoms with Crippen LogP contribution >= 0.6 is 0 Å². The fourth-order valence-electron chi connectivity index (χ4n) is 2.37. The molecule has 0 radical (unpaired) electrons. The van der Waals surface area contributed by atoms with E-state index in [1.54, 1.807) is 6.07 Å². The number of hydrogen-bond donors (Lipinski definition) is 1. The Hall–Kier alpha value is -1.45. The van der Waals surface area contributed by atoms with Crippen molar-refractivity contribution in [2.24, 2.45) is 5.92 Å². The molecule has 0 amide bonds. The van der Waals surface area contributed by atoms with Crippen molar-refractivity contribution in [3.05, 3.63) is 17.9 Å². The molecule has 1 unspecified atom stereocenters. The van der Waals surface area contributed by atoms with Gasteiger partial charge >= 0.3 is 0 Å². The Labute approximate surface area is 101 Å². The van der Waals surface area contributed by atoms with Gasteiger partial charge in [0.05, 0.1) is 18.5 Å². The predicted molar refractivity (Wildman–Crippen MR) is 68.0 cm³/mol. The molecule has 0 saturated carbocycles. The van der Waals surface area contributed by atoms with Crippen molar-refractivity contribution in [3.63, 3.8) is 0 Å². The summed E-state index contributed by atoms with van der Waals surface area (Å²) in [7, 11) is 1.47. The maximum Gasteiger partial charge on any atom is 0.167 e. The number of methoxy groups -OCH3 is 1. The van der Waals surface area contributed by atoms with Crippen molar-refractivity contribution in [1.29, 1.82) is 0 Å². The van der Waals surface area contributed by atoms with Gasteiger partial charge in [-0.05, 0) is 12.3 Å².